The lowest BCUT2D eigenvalue weighted by atomic mass is 10.1. The van der Waals surface area contributed by atoms with E-state index in [1.165, 1.54) is 41.7 Å². The Morgan fingerprint density at radius 1 is 0.933 bits per heavy atom. The smallest absolute Gasteiger partial charge is 0.264 e. The van der Waals surface area contributed by atoms with E-state index < -0.39 is 21.8 Å². The fourth-order valence-corrected chi connectivity index (χ4v) is 4.31. The molecule has 30 heavy (non-hydrogen) atoms. The minimum atomic E-state index is -3.89. The van der Waals surface area contributed by atoms with Crippen molar-refractivity contribution >= 4 is 33.2 Å². The SMILES string of the molecule is Cc1ccccc1N(C)S(=O)(=O)c1cccc(C(=O)Nc2ccccc2C(N)=O)c1. The van der Waals surface area contributed by atoms with E-state index in [2.05, 4.69) is 5.32 Å². The van der Waals surface area contributed by atoms with Crippen LogP contribution >= 0.6 is 0 Å². The van der Waals surface area contributed by atoms with Gasteiger partial charge in [0.05, 0.1) is 21.8 Å². The third-order valence-corrected chi connectivity index (χ3v) is 6.42. The van der Waals surface area contributed by atoms with Crippen molar-refractivity contribution in [1.82, 2.24) is 0 Å². The van der Waals surface area contributed by atoms with Crippen molar-refractivity contribution in [2.75, 3.05) is 16.7 Å². The Balaban J connectivity index is 1.92. The number of sulfonamides is 1. The molecule has 0 aliphatic heterocycles. The van der Waals surface area contributed by atoms with E-state index in [4.69, 9.17) is 5.73 Å². The third-order valence-electron chi connectivity index (χ3n) is 4.65. The van der Waals surface area contributed by atoms with Gasteiger partial charge < -0.3 is 11.1 Å². The lowest BCUT2D eigenvalue weighted by Gasteiger charge is -2.21. The number of carbonyl (C=O) groups excluding carboxylic acids is 2. The van der Waals surface area contributed by atoms with E-state index in [1.807, 2.05) is 19.1 Å². The summed E-state index contributed by atoms with van der Waals surface area (Å²) in [7, 11) is -2.42. The number of amides is 2. The Bertz CT molecular complexity index is 1220. The highest BCUT2D eigenvalue weighted by Gasteiger charge is 2.23. The van der Waals surface area contributed by atoms with Gasteiger partial charge in [-0.25, -0.2) is 8.42 Å². The largest absolute Gasteiger partial charge is 0.366 e. The van der Waals surface area contributed by atoms with Crippen LogP contribution in [0.1, 0.15) is 26.3 Å². The fourth-order valence-electron chi connectivity index (χ4n) is 3.00. The predicted octanol–water partition coefficient (Wildman–Crippen LogP) is 3.17. The van der Waals surface area contributed by atoms with Gasteiger partial charge in [-0.05, 0) is 48.9 Å². The number of primary amides is 1. The molecule has 2 amide bonds. The Labute approximate surface area is 175 Å². The average molecular weight is 423 g/mol. The number of carbonyl (C=O) groups is 2. The van der Waals surface area contributed by atoms with Crippen LogP contribution in [-0.2, 0) is 10.0 Å². The summed E-state index contributed by atoms with van der Waals surface area (Å²) >= 11 is 0. The van der Waals surface area contributed by atoms with Gasteiger partial charge in [0.2, 0.25) is 0 Å². The molecule has 3 rings (SSSR count). The minimum Gasteiger partial charge on any atom is -0.366 e. The predicted molar refractivity (Wildman–Crippen MR) is 116 cm³/mol. The van der Waals surface area contributed by atoms with Gasteiger partial charge in [-0.1, -0.05) is 36.4 Å². The molecule has 0 saturated heterocycles. The normalized spacial score (nSPS) is 11.0. The van der Waals surface area contributed by atoms with Gasteiger partial charge in [-0.15, -0.1) is 0 Å². The van der Waals surface area contributed by atoms with E-state index in [1.54, 1.807) is 30.3 Å². The van der Waals surface area contributed by atoms with Gasteiger partial charge in [0.15, 0.2) is 0 Å². The number of nitrogens with two attached hydrogens (primary N) is 1. The van der Waals surface area contributed by atoms with Crippen LogP contribution in [0.2, 0.25) is 0 Å². The van der Waals surface area contributed by atoms with Crippen LogP contribution in [0.3, 0.4) is 0 Å². The number of rotatable bonds is 6. The first kappa shape index (κ1) is 21.1. The summed E-state index contributed by atoms with van der Waals surface area (Å²) in [5.41, 5.74) is 7.23. The van der Waals surface area contributed by atoms with Gasteiger partial charge in [-0.3, -0.25) is 13.9 Å². The summed E-state index contributed by atoms with van der Waals surface area (Å²) in [5, 5.41) is 2.61. The molecule has 8 heteroatoms. The molecule has 0 bridgehead atoms. The van der Waals surface area contributed by atoms with Crippen molar-refractivity contribution in [3.8, 4) is 0 Å². The lowest BCUT2D eigenvalue weighted by Crippen LogP contribution is -2.27. The molecule has 0 radical (unpaired) electrons. The molecule has 0 aromatic heterocycles. The van der Waals surface area contributed by atoms with Crippen molar-refractivity contribution in [2.24, 2.45) is 5.73 Å². The number of nitrogens with one attached hydrogen (secondary N) is 1. The monoisotopic (exact) mass is 423 g/mol. The molecule has 0 unspecified atom stereocenters. The maximum atomic E-state index is 13.1. The van der Waals surface area contributed by atoms with Gasteiger partial charge >= 0.3 is 0 Å². The minimum absolute atomic E-state index is 0.0240. The Morgan fingerprint density at radius 3 is 2.30 bits per heavy atom. The summed E-state index contributed by atoms with van der Waals surface area (Å²) < 4.78 is 27.4. The summed E-state index contributed by atoms with van der Waals surface area (Å²) in [6.07, 6.45) is 0. The van der Waals surface area contributed by atoms with Crippen LogP contribution in [0.25, 0.3) is 0 Å². The molecule has 0 heterocycles. The molecule has 0 spiro atoms. The van der Waals surface area contributed by atoms with Crippen molar-refractivity contribution < 1.29 is 18.0 Å². The molecule has 0 aliphatic carbocycles. The lowest BCUT2D eigenvalue weighted by molar-refractivity contribution is 0.100. The van der Waals surface area contributed by atoms with Crippen LogP contribution in [0.4, 0.5) is 11.4 Å². The average Bonchev–Trinajstić information content (AvgIpc) is 2.74. The topological polar surface area (TPSA) is 110 Å². The van der Waals surface area contributed by atoms with Crippen LogP contribution < -0.4 is 15.4 Å². The summed E-state index contributed by atoms with van der Waals surface area (Å²) in [5.74, 6) is -1.23. The number of hydrogen-bond acceptors (Lipinski definition) is 4. The molecule has 3 aromatic carbocycles. The highest BCUT2D eigenvalue weighted by atomic mass is 32.2. The molecule has 0 aliphatic rings. The highest BCUT2D eigenvalue weighted by Crippen LogP contribution is 2.25. The fraction of sp³-hybridized carbons (Fsp3) is 0.0909. The van der Waals surface area contributed by atoms with Gasteiger partial charge in [-0.2, -0.15) is 0 Å². The standard InChI is InChI=1S/C22H21N3O4S/c1-15-8-3-6-13-20(15)25(2)30(28,29)17-10-7-9-16(14-17)22(27)24-19-12-5-4-11-18(19)21(23)26/h3-14H,1-2H3,(H2,23,26)(H,24,27). The zero-order chi connectivity index (χ0) is 21.9. The molecule has 0 atom stereocenters. The van der Waals surface area contributed by atoms with Crippen molar-refractivity contribution in [3.63, 3.8) is 0 Å². The van der Waals surface area contributed by atoms with Crippen molar-refractivity contribution in [1.29, 1.82) is 0 Å². The number of anilines is 2. The first-order valence-electron chi connectivity index (χ1n) is 9.06. The maximum absolute atomic E-state index is 13.1. The zero-order valence-corrected chi connectivity index (χ0v) is 17.3. The summed E-state index contributed by atoms with van der Waals surface area (Å²) in [6, 6.07) is 19.2. The molecular formula is C22H21N3O4S. The molecule has 154 valence electrons. The zero-order valence-electron chi connectivity index (χ0n) is 16.5. The van der Waals surface area contributed by atoms with Crippen LogP contribution in [0, 0.1) is 6.92 Å². The molecule has 7 nitrogen and oxygen atoms in total. The molecule has 3 N–H and O–H groups in total. The number of benzene rings is 3. The van der Waals surface area contributed by atoms with Gasteiger partial charge in [0.25, 0.3) is 21.8 Å². The van der Waals surface area contributed by atoms with E-state index in [-0.39, 0.29) is 21.7 Å². The molecule has 3 aromatic rings. The van der Waals surface area contributed by atoms with Crippen LogP contribution in [-0.4, -0.2) is 27.3 Å². The quantitative estimate of drug-likeness (QED) is 0.634. The molecule has 0 saturated carbocycles. The van der Waals surface area contributed by atoms with Crippen LogP contribution in [0.15, 0.2) is 77.7 Å². The molecule has 0 fully saturated rings. The third kappa shape index (κ3) is 4.18. The van der Waals surface area contributed by atoms with Crippen LogP contribution in [0.5, 0.6) is 0 Å². The van der Waals surface area contributed by atoms with E-state index in [0.29, 0.717) is 5.69 Å². The molecular weight excluding hydrogens is 402 g/mol. The van der Waals surface area contributed by atoms with Gasteiger partial charge in [0, 0.05) is 12.6 Å². The second-order valence-electron chi connectivity index (χ2n) is 6.65. The van der Waals surface area contributed by atoms with E-state index in [0.717, 1.165) is 5.56 Å². The van der Waals surface area contributed by atoms with Gasteiger partial charge in [0.1, 0.15) is 0 Å². The first-order chi connectivity index (χ1) is 14.2. The van der Waals surface area contributed by atoms with Crippen molar-refractivity contribution in [2.45, 2.75) is 11.8 Å². The van der Waals surface area contributed by atoms with E-state index >= 15 is 0 Å². The van der Waals surface area contributed by atoms with E-state index in [9.17, 15) is 18.0 Å². The number of hydrogen-bond donors (Lipinski definition) is 2. The van der Waals surface area contributed by atoms with Crippen molar-refractivity contribution in [3.05, 3.63) is 89.5 Å². The summed E-state index contributed by atoms with van der Waals surface area (Å²) in [6.45, 7) is 1.82. The second-order valence-corrected chi connectivity index (χ2v) is 8.62. The number of para-hydroxylation sites is 2. The highest BCUT2D eigenvalue weighted by molar-refractivity contribution is 7.92. The second kappa shape index (κ2) is 8.38. The Hall–Kier alpha value is -3.65. The first-order valence-corrected chi connectivity index (χ1v) is 10.5. The Kier molecular flexibility index (Phi) is 5.89. The number of nitrogens with zero attached hydrogens (tertiary/aromatic N) is 1. The number of aryl methyl sites for hydroxylation is 1. The maximum Gasteiger partial charge on any atom is 0.264 e. The summed E-state index contributed by atoms with van der Waals surface area (Å²) in [4.78, 5) is 24.2. The Morgan fingerprint density at radius 2 is 1.60 bits per heavy atom.